The van der Waals surface area contributed by atoms with Crippen LogP contribution < -0.4 is 0 Å². The van der Waals surface area contributed by atoms with Crippen molar-refractivity contribution < 1.29 is 4.74 Å². The Morgan fingerprint density at radius 2 is 1.76 bits per heavy atom. The van der Waals surface area contributed by atoms with Crippen LogP contribution in [0.1, 0.15) is 36.0 Å². The first-order valence-corrected chi connectivity index (χ1v) is 7.87. The average molecular weight is 276 g/mol. The zero-order valence-corrected chi connectivity index (χ0v) is 12.2. The van der Waals surface area contributed by atoms with E-state index in [-0.39, 0.29) is 6.10 Å². The van der Waals surface area contributed by atoms with Gasteiger partial charge in [-0.1, -0.05) is 60.2 Å². The van der Waals surface area contributed by atoms with E-state index in [4.69, 9.17) is 4.74 Å². The van der Waals surface area contributed by atoms with E-state index >= 15 is 0 Å². The maximum Gasteiger partial charge on any atom is 0.0835 e. The van der Waals surface area contributed by atoms with Crippen molar-refractivity contribution in [3.05, 3.63) is 76.9 Å². The zero-order valence-electron chi connectivity index (χ0n) is 12.2. The molecule has 1 unspecified atom stereocenters. The second-order valence-corrected chi connectivity index (χ2v) is 6.03. The summed E-state index contributed by atoms with van der Waals surface area (Å²) < 4.78 is 6.28. The van der Waals surface area contributed by atoms with Crippen molar-refractivity contribution in [2.45, 2.75) is 38.4 Å². The molecular weight excluding hydrogens is 256 g/mol. The number of benzene rings is 2. The molecule has 0 bridgehead atoms. The Morgan fingerprint density at radius 3 is 2.67 bits per heavy atom. The fourth-order valence-corrected chi connectivity index (χ4v) is 3.66. The van der Waals surface area contributed by atoms with E-state index in [0.29, 0.717) is 6.61 Å². The van der Waals surface area contributed by atoms with Gasteiger partial charge in [-0.05, 0) is 47.9 Å². The van der Waals surface area contributed by atoms with Crippen LogP contribution in [0, 0.1) is 0 Å². The van der Waals surface area contributed by atoms with Gasteiger partial charge >= 0.3 is 0 Å². The average Bonchev–Trinajstić information content (AvgIpc) is 2.93. The predicted octanol–water partition coefficient (Wildman–Crippen LogP) is 4.77. The summed E-state index contributed by atoms with van der Waals surface area (Å²) in [5.41, 5.74) is 7.28. The summed E-state index contributed by atoms with van der Waals surface area (Å²) in [5.74, 6) is 0. The predicted molar refractivity (Wildman–Crippen MR) is 85.9 cm³/mol. The molecule has 1 nitrogen and oxygen atoms in total. The van der Waals surface area contributed by atoms with Gasteiger partial charge in [0.2, 0.25) is 0 Å². The fourth-order valence-electron chi connectivity index (χ4n) is 3.66. The van der Waals surface area contributed by atoms with Gasteiger partial charge in [0, 0.05) is 0 Å². The second-order valence-electron chi connectivity index (χ2n) is 6.03. The lowest BCUT2D eigenvalue weighted by Gasteiger charge is -2.26. The maximum absolute atomic E-state index is 6.28. The Balaban J connectivity index is 1.57. The van der Waals surface area contributed by atoms with Gasteiger partial charge < -0.3 is 4.74 Å². The molecule has 2 aromatic rings. The van der Waals surface area contributed by atoms with Crippen molar-refractivity contribution in [2.75, 3.05) is 0 Å². The molecular formula is C20H20O. The standard InChI is InChI=1S/C20H20O/c1-2-7-15(8-3-1)14-21-19-12-6-10-17-13-16-9-4-5-11-18(16)20(17)19/h1-5,7-9,11,19H,6,10,12-14H2. The second kappa shape index (κ2) is 5.50. The third-order valence-corrected chi connectivity index (χ3v) is 4.65. The molecule has 0 saturated carbocycles. The number of allylic oxidation sites excluding steroid dienone is 1. The van der Waals surface area contributed by atoms with Gasteiger partial charge in [-0.15, -0.1) is 0 Å². The third-order valence-electron chi connectivity index (χ3n) is 4.65. The third kappa shape index (κ3) is 2.43. The van der Waals surface area contributed by atoms with E-state index in [0.717, 1.165) is 12.8 Å². The highest BCUT2D eigenvalue weighted by atomic mass is 16.5. The summed E-state index contributed by atoms with van der Waals surface area (Å²) in [6, 6.07) is 19.3. The van der Waals surface area contributed by atoms with Crippen LogP contribution in [0.3, 0.4) is 0 Å². The Morgan fingerprint density at radius 1 is 0.952 bits per heavy atom. The molecule has 2 aliphatic rings. The van der Waals surface area contributed by atoms with Crippen LogP contribution in [0.2, 0.25) is 0 Å². The summed E-state index contributed by atoms with van der Waals surface area (Å²) in [5, 5.41) is 0. The lowest BCUT2D eigenvalue weighted by molar-refractivity contribution is 0.0687. The van der Waals surface area contributed by atoms with E-state index < -0.39 is 0 Å². The topological polar surface area (TPSA) is 9.23 Å². The molecule has 106 valence electrons. The molecule has 0 aromatic heterocycles. The minimum absolute atomic E-state index is 0.276. The van der Waals surface area contributed by atoms with Crippen LogP contribution in [0.25, 0.3) is 5.57 Å². The monoisotopic (exact) mass is 276 g/mol. The molecule has 0 N–H and O–H groups in total. The van der Waals surface area contributed by atoms with Gasteiger partial charge in [-0.3, -0.25) is 0 Å². The van der Waals surface area contributed by atoms with Crippen molar-refractivity contribution in [1.82, 2.24) is 0 Å². The Labute approximate surface area is 126 Å². The number of hydrogen-bond donors (Lipinski definition) is 0. The highest BCUT2D eigenvalue weighted by Gasteiger charge is 2.30. The van der Waals surface area contributed by atoms with Gasteiger partial charge in [0.25, 0.3) is 0 Å². The number of rotatable bonds is 3. The number of ether oxygens (including phenoxy) is 1. The first kappa shape index (κ1) is 12.8. The van der Waals surface area contributed by atoms with E-state index in [1.807, 2.05) is 0 Å². The lowest BCUT2D eigenvalue weighted by atomic mass is 9.89. The highest BCUT2D eigenvalue weighted by Crippen LogP contribution is 2.42. The fraction of sp³-hybridized carbons (Fsp3) is 0.300. The zero-order chi connectivity index (χ0) is 14.1. The van der Waals surface area contributed by atoms with Gasteiger partial charge in [0.1, 0.15) is 0 Å². The first-order chi connectivity index (χ1) is 10.4. The molecule has 1 heteroatoms. The Hall–Kier alpha value is -1.86. The summed E-state index contributed by atoms with van der Waals surface area (Å²) >= 11 is 0. The SMILES string of the molecule is c1ccc(COC2CCCC3=C2c2ccccc2C3)cc1. The van der Waals surface area contributed by atoms with Gasteiger partial charge in [0.15, 0.2) is 0 Å². The molecule has 2 aromatic carbocycles. The molecule has 0 aliphatic heterocycles. The maximum atomic E-state index is 6.28. The Bertz CT molecular complexity index is 669. The molecule has 0 radical (unpaired) electrons. The molecule has 1 atom stereocenters. The molecule has 0 fully saturated rings. The van der Waals surface area contributed by atoms with Crippen LogP contribution in [0.5, 0.6) is 0 Å². The largest absolute Gasteiger partial charge is 0.369 e. The van der Waals surface area contributed by atoms with Crippen LogP contribution in [-0.4, -0.2) is 6.10 Å². The van der Waals surface area contributed by atoms with Crippen molar-refractivity contribution >= 4 is 5.57 Å². The highest BCUT2D eigenvalue weighted by molar-refractivity contribution is 5.79. The quantitative estimate of drug-likeness (QED) is 0.785. The van der Waals surface area contributed by atoms with Crippen LogP contribution >= 0.6 is 0 Å². The van der Waals surface area contributed by atoms with Crippen LogP contribution in [-0.2, 0) is 17.8 Å². The minimum Gasteiger partial charge on any atom is -0.369 e. The first-order valence-electron chi connectivity index (χ1n) is 7.87. The normalized spacial score (nSPS) is 20.3. The molecule has 0 spiro atoms. The van der Waals surface area contributed by atoms with E-state index in [1.165, 1.54) is 35.1 Å². The van der Waals surface area contributed by atoms with E-state index in [1.54, 1.807) is 5.57 Å². The van der Waals surface area contributed by atoms with Gasteiger partial charge in [0.05, 0.1) is 12.7 Å². The molecule has 0 saturated heterocycles. The number of hydrogen-bond acceptors (Lipinski definition) is 1. The minimum atomic E-state index is 0.276. The summed E-state index contributed by atoms with van der Waals surface area (Å²) in [6.07, 6.45) is 5.07. The van der Waals surface area contributed by atoms with Gasteiger partial charge in [-0.2, -0.15) is 0 Å². The molecule has 2 aliphatic carbocycles. The van der Waals surface area contributed by atoms with E-state index in [9.17, 15) is 0 Å². The smallest absolute Gasteiger partial charge is 0.0835 e. The van der Waals surface area contributed by atoms with Crippen molar-refractivity contribution in [3.63, 3.8) is 0 Å². The Kier molecular flexibility index (Phi) is 3.36. The van der Waals surface area contributed by atoms with Gasteiger partial charge in [-0.25, -0.2) is 0 Å². The molecule has 0 heterocycles. The lowest BCUT2D eigenvalue weighted by Crippen LogP contribution is -2.18. The van der Waals surface area contributed by atoms with Crippen LogP contribution in [0.15, 0.2) is 60.2 Å². The van der Waals surface area contributed by atoms with E-state index in [2.05, 4.69) is 54.6 Å². The van der Waals surface area contributed by atoms with Crippen molar-refractivity contribution in [1.29, 1.82) is 0 Å². The molecule has 4 rings (SSSR count). The van der Waals surface area contributed by atoms with Crippen LogP contribution in [0.4, 0.5) is 0 Å². The van der Waals surface area contributed by atoms with Crippen molar-refractivity contribution in [3.8, 4) is 0 Å². The summed E-state index contributed by atoms with van der Waals surface area (Å²) in [7, 11) is 0. The van der Waals surface area contributed by atoms with Crippen molar-refractivity contribution in [2.24, 2.45) is 0 Å². The number of fused-ring (bicyclic) bond motifs is 2. The molecule has 21 heavy (non-hydrogen) atoms. The summed E-state index contributed by atoms with van der Waals surface area (Å²) in [4.78, 5) is 0. The summed E-state index contributed by atoms with van der Waals surface area (Å²) in [6.45, 7) is 0.713. The molecule has 0 amide bonds.